The van der Waals surface area contributed by atoms with Crippen LogP contribution in [-0.2, 0) is 0 Å². The number of nitrogens with one attached hydrogen (secondary N) is 1. The van der Waals surface area contributed by atoms with E-state index in [1.165, 1.54) is 0 Å². The molecule has 1 N–H and O–H groups in total. The van der Waals surface area contributed by atoms with Crippen LogP contribution in [0.4, 0.5) is 0 Å². The first-order valence-electron chi connectivity index (χ1n) is 2.73. The molecule has 0 heterocycles. The van der Waals surface area contributed by atoms with Crippen molar-refractivity contribution in [3.63, 3.8) is 0 Å². The molecule has 0 aromatic heterocycles. The van der Waals surface area contributed by atoms with Crippen molar-refractivity contribution in [1.82, 2.24) is 0 Å². The van der Waals surface area contributed by atoms with E-state index in [0.29, 0.717) is 5.71 Å². The fraction of sp³-hybridized carbons (Fsp3) is 0.667. The Kier molecular flexibility index (Phi) is 3.08. The maximum atomic E-state index is 7.21. The van der Waals surface area contributed by atoms with Crippen LogP contribution < -0.4 is 0 Å². The topological polar surface area (TPSA) is 36.2 Å². The van der Waals surface area contributed by atoms with Crippen molar-refractivity contribution < 1.29 is 0 Å². The van der Waals surface area contributed by atoms with E-state index in [2.05, 4.69) is 4.99 Å². The Morgan fingerprint density at radius 2 is 2.12 bits per heavy atom. The highest BCUT2D eigenvalue weighted by Crippen LogP contribution is 1.84. The smallest absolute Gasteiger partial charge is 0.0521 e. The predicted molar refractivity (Wildman–Crippen MR) is 37.1 cm³/mol. The van der Waals surface area contributed by atoms with Crippen LogP contribution in [0.15, 0.2) is 4.99 Å². The van der Waals surface area contributed by atoms with Gasteiger partial charge in [0.05, 0.1) is 11.4 Å². The molecule has 0 saturated heterocycles. The van der Waals surface area contributed by atoms with Gasteiger partial charge in [0.1, 0.15) is 0 Å². The molecule has 0 rings (SSSR count). The summed E-state index contributed by atoms with van der Waals surface area (Å²) in [5.74, 6) is 0. The molecule has 0 radical (unpaired) electrons. The summed E-state index contributed by atoms with van der Waals surface area (Å²) in [6, 6.07) is 0. The van der Waals surface area contributed by atoms with Crippen molar-refractivity contribution in [3.8, 4) is 0 Å². The van der Waals surface area contributed by atoms with Gasteiger partial charge in [-0.25, -0.2) is 0 Å². The SMILES string of the molecule is CCC(=N)C(C)=NC. The molecule has 2 nitrogen and oxygen atoms in total. The maximum absolute atomic E-state index is 7.21. The first-order valence-corrected chi connectivity index (χ1v) is 2.73. The van der Waals surface area contributed by atoms with Gasteiger partial charge in [-0.05, 0) is 13.3 Å². The number of nitrogens with zero attached hydrogens (tertiary/aromatic N) is 1. The van der Waals surface area contributed by atoms with Gasteiger partial charge in [-0.15, -0.1) is 0 Å². The van der Waals surface area contributed by atoms with Gasteiger partial charge in [0.25, 0.3) is 0 Å². The summed E-state index contributed by atoms with van der Waals surface area (Å²) in [7, 11) is 1.71. The zero-order chi connectivity index (χ0) is 6.57. The normalized spacial score (nSPS) is 11.6. The average Bonchev–Trinajstić information content (AvgIpc) is 1.84. The zero-order valence-electron chi connectivity index (χ0n) is 5.65. The van der Waals surface area contributed by atoms with Crippen molar-refractivity contribution in [3.05, 3.63) is 0 Å². The Hall–Kier alpha value is -0.660. The van der Waals surface area contributed by atoms with Crippen LogP contribution in [0.1, 0.15) is 20.3 Å². The van der Waals surface area contributed by atoms with Gasteiger partial charge in [-0.1, -0.05) is 6.92 Å². The van der Waals surface area contributed by atoms with Crippen LogP contribution in [-0.4, -0.2) is 18.5 Å². The quantitative estimate of drug-likeness (QED) is 0.526. The van der Waals surface area contributed by atoms with Gasteiger partial charge in [0, 0.05) is 7.05 Å². The molecule has 0 aliphatic heterocycles. The van der Waals surface area contributed by atoms with E-state index in [1.807, 2.05) is 13.8 Å². The second kappa shape index (κ2) is 3.36. The summed E-state index contributed by atoms with van der Waals surface area (Å²) < 4.78 is 0. The lowest BCUT2D eigenvalue weighted by Gasteiger charge is -1.94. The van der Waals surface area contributed by atoms with Gasteiger partial charge >= 0.3 is 0 Å². The molecule has 0 spiro atoms. The lowest BCUT2D eigenvalue weighted by Crippen LogP contribution is -2.06. The highest BCUT2D eigenvalue weighted by molar-refractivity contribution is 6.40. The molecular formula is C6H12N2. The molecule has 0 saturated carbocycles. The minimum atomic E-state index is 0.632. The van der Waals surface area contributed by atoms with Crippen LogP contribution >= 0.6 is 0 Å². The van der Waals surface area contributed by atoms with Crippen molar-refractivity contribution >= 4 is 11.4 Å². The molecule has 0 aromatic carbocycles. The van der Waals surface area contributed by atoms with Crippen molar-refractivity contribution in [2.75, 3.05) is 7.05 Å². The summed E-state index contributed by atoms with van der Waals surface area (Å²) in [6.07, 6.45) is 0.781. The predicted octanol–water partition coefficient (Wildman–Crippen LogP) is 1.51. The third-order valence-corrected chi connectivity index (χ3v) is 1.13. The lowest BCUT2D eigenvalue weighted by atomic mass is 10.2. The van der Waals surface area contributed by atoms with Crippen molar-refractivity contribution in [2.45, 2.75) is 20.3 Å². The number of hydrogen-bond donors (Lipinski definition) is 1. The number of rotatable bonds is 2. The van der Waals surface area contributed by atoms with E-state index in [1.54, 1.807) is 7.05 Å². The van der Waals surface area contributed by atoms with Gasteiger partial charge in [0.2, 0.25) is 0 Å². The van der Waals surface area contributed by atoms with E-state index in [0.717, 1.165) is 12.1 Å². The molecular weight excluding hydrogens is 100 g/mol. The lowest BCUT2D eigenvalue weighted by molar-refractivity contribution is 1.26. The third-order valence-electron chi connectivity index (χ3n) is 1.13. The molecule has 0 bridgehead atoms. The van der Waals surface area contributed by atoms with Gasteiger partial charge in [0.15, 0.2) is 0 Å². The largest absolute Gasteiger partial charge is 0.303 e. The highest BCUT2D eigenvalue weighted by Gasteiger charge is 1.92. The van der Waals surface area contributed by atoms with Crippen LogP contribution in [0.5, 0.6) is 0 Å². The summed E-state index contributed by atoms with van der Waals surface area (Å²) in [5, 5.41) is 7.21. The Labute approximate surface area is 50.1 Å². The van der Waals surface area contributed by atoms with Crippen LogP contribution in [0, 0.1) is 5.41 Å². The van der Waals surface area contributed by atoms with Gasteiger partial charge < -0.3 is 5.41 Å². The Morgan fingerprint density at radius 3 is 2.25 bits per heavy atom. The third kappa shape index (κ3) is 1.87. The minimum Gasteiger partial charge on any atom is -0.303 e. The fourth-order valence-corrected chi connectivity index (χ4v) is 0.391. The van der Waals surface area contributed by atoms with E-state index < -0.39 is 0 Å². The molecule has 0 aliphatic rings. The molecule has 0 aliphatic carbocycles. The first kappa shape index (κ1) is 7.34. The summed E-state index contributed by atoms with van der Waals surface area (Å²) in [5.41, 5.74) is 1.47. The molecule has 2 heteroatoms. The van der Waals surface area contributed by atoms with E-state index in [9.17, 15) is 0 Å². The summed E-state index contributed by atoms with van der Waals surface area (Å²) in [4.78, 5) is 3.85. The second-order valence-electron chi connectivity index (χ2n) is 1.64. The number of aliphatic imine (C=N–C) groups is 1. The molecule has 0 atom stereocenters. The second-order valence-corrected chi connectivity index (χ2v) is 1.64. The number of hydrogen-bond acceptors (Lipinski definition) is 2. The van der Waals surface area contributed by atoms with Gasteiger partial charge in [-0.2, -0.15) is 0 Å². The minimum absolute atomic E-state index is 0.632. The molecule has 0 aromatic rings. The molecule has 8 heavy (non-hydrogen) atoms. The Balaban J connectivity index is 3.83. The molecule has 0 fully saturated rings. The van der Waals surface area contributed by atoms with Crippen molar-refractivity contribution in [1.29, 1.82) is 5.41 Å². The highest BCUT2D eigenvalue weighted by atomic mass is 14.7. The summed E-state index contributed by atoms with van der Waals surface area (Å²) >= 11 is 0. The van der Waals surface area contributed by atoms with E-state index in [4.69, 9.17) is 5.41 Å². The molecule has 0 unspecified atom stereocenters. The van der Waals surface area contributed by atoms with Gasteiger partial charge in [-0.3, -0.25) is 4.99 Å². The average molecular weight is 112 g/mol. The van der Waals surface area contributed by atoms with Crippen LogP contribution in [0.2, 0.25) is 0 Å². The Bertz CT molecular complexity index is 114. The fourth-order valence-electron chi connectivity index (χ4n) is 0.391. The van der Waals surface area contributed by atoms with Crippen LogP contribution in [0.3, 0.4) is 0 Å². The monoisotopic (exact) mass is 112 g/mol. The Morgan fingerprint density at radius 1 is 1.62 bits per heavy atom. The van der Waals surface area contributed by atoms with E-state index >= 15 is 0 Å². The summed E-state index contributed by atoms with van der Waals surface area (Å²) in [6.45, 7) is 3.81. The molecule has 0 amide bonds. The van der Waals surface area contributed by atoms with Crippen molar-refractivity contribution in [2.24, 2.45) is 4.99 Å². The zero-order valence-corrected chi connectivity index (χ0v) is 5.65. The molecule has 46 valence electrons. The van der Waals surface area contributed by atoms with Crippen LogP contribution in [0.25, 0.3) is 0 Å². The first-order chi connectivity index (χ1) is 3.72. The standard InChI is InChI=1S/C6H12N2/c1-4-6(7)5(2)8-3/h7H,4H2,1-3H3. The maximum Gasteiger partial charge on any atom is 0.0521 e. The van der Waals surface area contributed by atoms with E-state index in [-0.39, 0.29) is 0 Å².